The van der Waals surface area contributed by atoms with Crippen LogP contribution in [0.2, 0.25) is 0 Å². The van der Waals surface area contributed by atoms with Gasteiger partial charge in [0.05, 0.1) is 12.2 Å². The molecule has 0 aromatic carbocycles. The highest BCUT2D eigenvalue weighted by atomic mass is 16.5. The van der Waals surface area contributed by atoms with Gasteiger partial charge in [0.2, 0.25) is 11.8 Å². The molecule has 2 heterocycles. The molecule has 22 heavy (non-hydrogen) atoms. The molecule has 1 aromatic rings. The molecule has 6 heteroatoms. The largest absolute Gasteiger partial charge is 0.338 e. The Morgan fingerprint density at radius 1 is 1.45 bits per heavy atom. The Bertz CT molecular complexity index is 549. The van der Waals surface area contributed by atoms with Gasteiger partial charge in [-0.25, -0.2) is 0 Å². The van der Waals surface area contributed by atoms with Crippen LogP contribution in [-0.4, -0.2) is 41.6 Å². The van der Waals surface area contributed by atoms with E-state index >= 15 is 0 Å². The molecule has 1 aromatic heterocycles. The fraction of sp³-hybridized carbons (Fsp3) is 0.750. The molecule has 3 atom stereocenters. The molecule has 1 aliphatic carbocycles. The molecule has 1 saturated heterocycles. The van der Waals surface area contributed by atoms with Crippen molar-refractivity contribution in [2.24, 2.45) is 17.6 Å². The second-order valence-corrected chi connectivity index (χ2v) is 7.73. The maximum atomic E-state index is 12.2. The van der Waals surface area contributed by atoms with Crippen molar-refractivity contribution in [3.63, 3.8) is 0 Å². The number of nitrogens with two attached hydrogens (primary N) is 1. The summed E-state index contributed by atoms with van der Waals surface area (Å²) in [5.41, 5.74) is 6.88. The third-order valence-corrected chi connectivity index (χ3v) is 4.90. The highest BCUT2D eigenvalue weighted by molar-refractivity contribution is 5.91. The molecule has 0 radical (unpaired) electrons. The molecule has 122 valence electrons. The molecule has 6 nitrogen and oxygen atoms in total. The van der Waals surface area contributed by atoms with Crippen LogP contribution in [0.25, 0.3) is 0 Å². The van der Waals surface area contributed by atoms with Crippen molar-refractivity contribution in [3.8, 4) is 0 Å². The molecule has 1 saturated carbocycles. The number of hydrogen-bond acceptors (Lipinski definition) is 5. The zero-order chi connectivity index (χ0) is 15.9. The molecule has 2 aliphatic rings. The molecule has 0 bridgehead atoms. The summed E-state index contributed by atoms with van der Waals surface area (Å²) in [6.45, 7) is 8.48. The smallest absolute Gasteiger partial charge is 0.240 e. The first-order chi connectivity index (χ1) is 10.3. The Kier molecular flexibility index (Phi) is 3.99. The van der Waals surface area contributed by atoms with E-state index in [4.69, 9.17) is 10.3 Å². The summed E-state index contributed by atoms with van der Waals surface area (Å²) in [4.78, 5) is 14.4. The van der Waals surface area contributed by atoms with Crippen molar-refractivity contribution in [1.29, 1.82) is 0 Å². The second kappa shape index (κ2) is 5.66. The van der Waals surface area contributed by atoms with Crippen LogP contribution in [0.5, 0.6) is 0 Å². The van der Waals surface area contributed by atoms with Crippen LogP contribution >= 0.6 is 0 Å². The number of likely N-dealkylation sites (tertiary alicyclic amines) is 1. The highest BCUT2D eigenvalue weighted by Gasteiger charge is 2.41. The minimum atomic E-state index is -0.0883. The van der Waals surface area contributed by atoms with Gasteiger partial charge in [-0.2, -0.15) is 0 Å². The number of nitrogens with one attached hydrogen (secondary N) is 1. The van der Waals surface area contributed by atoms with E-state index in [1.165, 1.54) is 6.42 Å². The lowest BCUT2D eigenvalue weighted by Crippen LogP contribution is -2.34. The van der Waals surface area contributed by atoms with Crippen molar-refractivity contribution < 1.29 is 9.32 Å². The van der Waals surface area contributed by atoms with Crippen LogP contribution in [0.4, 0.5) is 5.88 Å². The highest BCUT2D eigenvalue weighted by Crippen LogP contribution is 2.36. The summed E-state index contributed by atoms with van der Waals surface area (Å²) in [7, 11) is 0. The zero-order valence-corrected chi connectivity index (χ0v) is 13.6. The monoisotopic (exact) mass is 306 g/mol. The number of rotatable bonds is 3. The molecule has 2 fully saturated rings. The topological polar surface area (TPSA) is 84.4 Å². The van der Waals surface area contributed by atoms with Crippen molar-refractivity contribution in [2.45, 2.75) is 45.1 Å². The maximum absolute atomic E-state index is 12.2. The van der Waals surface area contributed by atoms with Gasteiger partial charge in [0.15, 0.2) is 0 Å². The van der Waals surface area contributed by atoms with Crippen LogP contribution in [0, 0.1) is 11.8 Å². The molecule has 1 aliphatic heterocycles. The lowest BCUT2D eigenvalue weighted by Gasteiger charge is -2.17. The summed E-state index contributed by atoms with van der Waals surface area (Å²) >= 11 is 0. The summed E-state index contributed by atoms with van der Waals surface area (Å²) in [5, 5.41) is 6.81. The quantitative estimate of drug-likeness (QED) is 0.885. The average Bonchev–Trinajstić information content (AvgIpc) is 3.07. The van der Waals surface area contributed by atoms with Gasteiger partial charge in [0.25, 0.3) is 0 Å². The normalized spacial score (nSPS) is 28.8. The van der Waals surface area contributed by atoms with E-state index in [0.717, 1.165) is 25.2 Å². The van der Waals surface area contributed by atoms with E-state index in [0.29, 0.717) is 30.3 Å². The number of amides is 1. The summed E-state index contributed by atoms with van der Waals surface area (Å²) < 4.78 is 5.20. The van der Waals surface area contributed by atoms with Crippen LogP contribution in [0.1, 0.15) is 39.3 Å². The van der Waals surface area contributed by atoms with E-state index in [1.54, 1.807) is 6.07 Å². The van der Waals surface area contributed by atoms with Gasteiger partial charge in [-0.3, -0.25) is 15.0 Å². The van der Waals surface area contributed by atoms with E-state index in [-0.39, 0.29) is 11.3 Å². The molecule has 3 rings (SSSR count). The standard InChI is InChI=1S/C16H26N4O2/c1-16(2,3)13-6-15(22-19-13)18-14(21)9-20-7-10-4-5-12(17)11(10)8-20/h6,10-12H,4-5,7-9,17H2,1-3H3,(H,18,21). The number of aromatic nitrogens is 1. The lowest BCUT2D eigenvalue weighted by atomic mass is 9.92. The average molecular weight is 306 g/mol. The fourth-order valence-electron chi connectivity index (χ4n) is 3.60. The minimum Gasteiger partial charge on any atom is -0.338 e. The van der Waals surface area contributed by atoms with Crippen LogP contribution in [0.15, 0.2) is 10.6 Å². The van der Waals surface area contributed by atoms with Gasteiger partial charge < -0.3 is 10.3 Å². The Morgan fingerprint density at radius 3 is 2.86 bits per heavy atom. The van der Waals surface area contributed by atoms with Crippen molar-refractivity contribution >= 4 is 11.8 Å². The summed E-state index contributed by atoms with van der Waals surface area (Å²) in [6.07, 6.45) is 2.32. The molecular formula is C16H26N4O2. The second-order valence-electron chi connectivity index (χ2n) is 7.73. The molecule has 3 N–H and O–H groups in total. The number of nitrogens with zero attached hydrogens (tertiary/aromatic N) is 2. The molecule has 0 spiro atoms. The number of hydrogen-bond donors (Lipinski definition) is 2. The van der Waals surface area contributed by atoms with Gasteiger partial charge in [0.1, 0.15) is 0 Å². The Hall–Kier alpha value is -1.40. The first-order valence-corrected chi connectivity index (χ1v) is 8.08. The SMILES string of the molecule is CC(C)(C)c1cc(NC(=O)CN2CC3CCC(N)C3C2)on1. The van der Waals surface area contributed by atoms with Crippen LogP contribution in [0.3, 0.4) is 0 Å². The van der Waals surface area contributed by atoms with Crippen molar-refractivity contribution in [3.05, 3.63) is 11.8 Å². The van der Waals surface area contributed by atoms with Gasteiger partial charge in [-0.15, -0.1) is 0 Å². The predicted molar refractivity (Wildman–Crippen MR) is 84.5 cm³/mol. The van der Waals surface area contributed by atoms with E-state index in [1.807, 2.05) is 0 Å². The molecule has 3 unspecified atom stereocenters. The summed E-state index contributed by atoms with van der Waals surface area (Å²) in [5.74, 6) is 1.60. The van der Waals surface area contributed by atoms with E-state index in [9.17, 15) is 4.79 Å². The third kappa shape index (κ3) is 3.17. The van der Waals surface area contributed by atoms with Crippen molar-refractivity contribution in [2.75, 3.05) is 25.0 Å². The number of anilines is 1. The Morgan fingerprint density at radius 2 is 2.23 bits per heavy atom. The fourth-order valence-corrected chi connectivity index (χ4v) is 3.60. The third-order valence-electron chi connectivity index (χ3n) is 4.90. The zero-order valence-electron chi connectivity index (χ0n) is 13.6. The number of carbonyl (C=O) groups excluding carboxylic acids is 1. The maximum Gasteiger partial charge on any atom is 0.240 e. The molecular weight excluding hydrogens is 280 g/mol. The van der Waals surface area contributed by atoms with Gasteiger partial charge in [-0.05, 0) is 24.7 Å². The minimum absolute atomic E-state index is 0.0508. The molecule has 1 amide bonds. The van der Waals surface area contributed by atoms with Crippen LogP contribution < -0.4 is 11.1 Å². The van der Waals surface area contributed by atoms with Crippen molar-refractivity contribution in [1.82, 2.24) is 10.1 Å². The Balaban J connectivity index is 1.52. The first kappa shape index (κ1) is 15.5. The van der Waals surface area contributed by atoms with Gasteiger partial charge >= 0.3 is 0 Å². The van der Waals surface area contributed by atoms with E-state index < -0.39 is 0 Å². The van der Waals surface area contributed by atoms with Crippen LogP contribution in [-0.2, 0) is 10.2 Å². The summed E-state index contributed by atoms with van der Waals surface area (Å²) in [6, 6.07) is 2.11. The Labute approximate surface area is 131 Å². The van der Waals surface area contributed by atoms with E-state index in [2.05, 4.69) is 36.1 Å². The predicted octanol–water partition coefficient (Wildman–Crippen LogP) is 1.58. The first-order valence-electron chi connectivity index (χ1n) is 8.08. The number of carbonyl (C=O) groups is 1. The number of fused-ring (bicyclic) bond motifs is 1. The lowest BCUT2D eigenvalue weighted by molar-refractivity contribution is -0.117. The van der Waals surface area contributed by atoms with Gasteiger partial charge in [-0.1, -0.05) is 25.9 Å². The van der Waals surface area contributed by atoms with Gasteiger partial charge in [0, 0.05) is 30.6 Å².